The first-order chi connectivity index (χ1) is 9.02. The number of nitrogens with zero attached hydrogens (tertiary/aromatic N) is 3. The lowest BCUT2D eigenvalue weighted by molar-refractivity contribution is -0.386. The summed E-state index contributed by atoms with van der Waals surface area (Å²) in [6.07, 6.45) is -0.926. The Labute approximate surface area is 109 Å². The zero-order chi connectivity index (χ0) is 14.4. The van der Waals surface area contributed by atoms with Crippen molar-refractivity contribution in [2.45, 2.75) is 19.4 Å². The molecule has 1 N–H and O–H groups in total. The van der Waals surface area contributed by atoms with Gasteiger partial charge in [0.1, 0.15) is 6.54 Å². The highest BCUT2D eigenvalue weighted by atomic mass is 16.6. The van der Waals surface area contributed by atoms with Gasteiger partial charge in [0.15, 0.2) is 0 Å². The van der Waals surface area contributed by atoms with Crippen molar-refractivity contribution in [2.75, 3.05) is 6.54 Å². The minimum absolute atomic E-state index is 0.140. The molecule has 1 rings (SSSR count). The molecule has 1 aromatic rings. The Balaban J connectivity index is 3.26. The molecule has 1 amide bonds. The van der Waals surface area contributed by atoms with Crippen molar-refractivity contribution in [1.82, 2.24) is 4.90 Å². The molecule has 0 aliphatic heterocycles. The lowest BCUT2D eigenvalue weighted by atomic mass is 10.0. The number of nitro benzene ring substituents is 1. The van der Waals surface area contributed by atoms with E-state index in [0.717, 1.165) is 4.90 Å². The van der Waals surface area contributed by atoms with Crippen molar-refractivity contribution in [3.05, 3.63) is 39.9 Å². The number of hydrogen-bond donors (Lipinski definition) is 1. The molecule has 0 bridgehead atoms. The van der Waals surface area contributed by atoms with Gasteiger partial charge < -0.3 is 5.11 Å². The van der Waals surface area contributed by atoms with Gasteiger partial charge >= 0.3 is 6.09 Å². The van der Waals surface area contributed by atoms with Crippen LogP contribution in [0.3, 0.4) is 0 Å². The number of amides is 1. The number of carboxylic acid groups (broad SMARTS) is 1. The largest absolute Gasteiger partial charge is 0.465 e. The van der Waals surface area contributed by atoms with Gasteiger partial charge in [-0.05, 0) is 6.42 Å². The standard InChI is InChI=1S/C12H13N3O4/c1-2-10(14(8-7-13)12(16)17)9-5-3-4-6-11(9)15(18)19/h3-6,10H,2,8H2,1H3,(H,16,17). The Bertz CT molecular complexity index is 524. The molecule has 100 valence electrons. The van der Waals surface area contributed by atoms with Crippen molar-refractivity contribution in [3.8, 4) is 6.07 Å². The van der Waals surface area contributed by atoms with Crippen LogP contribution in [0.25, 0.3) is 0 Å². The third-order valence-corrected chi connectivity index (χ3v) is 2.74. The topological polar surface area (TPSA) is 107 Å². The first kappa shape index (κ1) is 14.4. The van der Waals surface area contributed by atoms with E-state index in [1.54, 1.807) is 19.1 Å². The summed E-state index contributed by atoms with van der Waals surface area (Å²) in [5, 5.41) is 28.7. The number of rotatable bonds is 5. The van der Waals surface area contributed by atoms with E-state index < -0.39 is 17.1 Å². The second-order valence-electron chi connectivity index (χ2n) is 3.81. The van der Waals surface area contributed by atoms with Gasteiger partial charge in [-0.3, -0.25) is 15.0 Å². The summed E-state index contributed by atoms with van der Waals surface area (Å²) in [5.41, 5.74) is 0.159. The Hall–Kier alpha value is -2.62. The van der Waals surface area contributed by atoms with Gasteiger partial charge in [-0.15, -0.1) is 0 Å². The van der Waals surface area contributed by atoms with E-state index in [9.17, 15) is 14.9 Å². The molecule has 0 spiro atoms. The molecular formula is C12H13N3O4. The van der Waals surface area contributed by atoms with Crippen molar-refractivity contribution >= 4 is 11.8 Å². The second kappa shape index (κ2) is 6.35. The van der Waals surface area contributed by atoms with Crippen LogP contribution in [-0.2, 0) is 0 Å². The van der Waals surface area contributed by atoms with Crippen LogP contribution < -0.4 is 0 Å². The van der Waals surface area contributed by atoms with E-state index in [1.165, 1.54) is 18.2 Å². The predicted molar refractivity (Wildman–Crippen MR) is 66.5 cm³/mol. The fourth-order valence-corrected chi connectivity index (χ4v) is 1.93. The van der Waals surface area contributed by atoms with Crippen LogP contribution >= 0.6 is 0 Å². The third kappa shape index (κ3) is 3.19. The molecular weight excluding hydrogens is 250 g/mol. The predicted octanol–water partition coefficient (Wildman–Crippen LogP) is 2.55. The van der Waals surface area contributed by atoms with Gasteiger partial charge in [-0.25, -0.2) is 4.79 Å². The maximum Gasteiger partial charge on any atom is 0.408 e. The number of benzene rings is 1. The van der Waals surface area contributed by atoms with Gasteiger partial charge in [-0.2, -0.15) is 5.26 Å². The van der Waals surface area contributed by atoms with Gasteiger partial charge in [0.25, 0.3) is 5.69 Å². The first-order valence-corrected chi connectivity index (χ1v) is 5.62. The van der Waals surface area contributed by atoms with Crippen LogP contribution in [0.15, 0.2) is 24.3 Å². The SMILES string of the molecule is CCC(c1ccccc1[N+](=O)[O-])N(CC#N)C(=O)O. The quantitative estimate of drug-likeness (QED) is 0.499. The van der Waals surface area contributed by atoms with Gasteiger partial charge in [0.2, 0.25) is 0 Å². The lowest BCUT2D eigenvalue weighted by Gasteiger charge is -2.26. The molecule has 1 unspecified atom stereocenters. The third-order valence-electron chi connectivity index (χ3n) is 2.74. The summed E-state index contributed by atoms with van der Waals surface area (Å²) in [4.78, 5) is 22.5. The van der Waals surface area contributed by atoms with Crippen LogP contribution in [0.4, 0.5) is 10.5 Å². The number of nitro groups is 1. The Kier molecular flexibility index (Phi) is 4.83. The van der Waals surface area contributed by atoms with Crippen molar-refractivity contribution in [1.29, 1.82) is 5.26 Å². The molecule has 0 heterocycles. The molecule has 0 radical (unpaired) electrons. The summed E-state index contributed by atoms with van der Waals surface area (Å²) >= 11 is 0. The summed E-state index contributed by atoms with van der Waals surface area (Å²) in [5.74, 6) is 0. The highest BCUT2D eigenvalue weighted by Gasteiger charge is 2.28. The van der Waals surface area contributed by atoms with Gasteiger partial charge in [0, 0.05) is 6.07 Å². The van der Waals surface area contributed by atoms with Gasteiger partial charge in [-0.1, -0.05) is 25.1 Å². The zero-order valence-electron chi connectivity index (χ0n) is 10.3. The highest BCUT2D eigenvalue weighted by Crippen LogP contribution is 2.31. The molecule has 7 nitrogen and oxygen atoms in total. The molecule has 0 saturated heterocycles. The van der Waals surface area contributed by atoms with Crippen LogP contribution in [0, 0.1) is 21.4 Å². The summed E-state index contributed by atoms with van der Waals surface area (Å²) < 4.78 is 0. The Morgan fingerprint density at radius 1 is 1.58 bits per heavy atom. The number of nitriles is 1. The summed E-state index contributed by atoms with van der Waals surface area (Å²) in [7, 11) is 0. The van der Waals surface area contributed by atoms with E-state index in [4.69, 9.17) is 10.4 Å². The monoisotopic (exact) mass is 263 g/mol. The van der Waals surface area contributed by atoms with Crippen LogP contribution in [-0.4, -0.2) is 27.6 Å². The van der Waals surface area contributed by atoms with Crippen LogP contribution in [0.5, 0.6) is 0 Å². The molecule has 0 fully saturated rings. The van der Waals surface area contributed by atoms with E-state index in [2.05, 4.69) is 0 Å². The number of hydrogen-bond acceptors (Lipinski definition) is 4. The second-order valence-corrected chi connectivity index (χ2v) is 3.81. The fourth-order valence-electron chi connectivity index (χ4n) is 1.93. The van der Waals surface area contributed by atoms with E-state index in [1.807, 2.05) is 0 Å². The van der Waals surface area contributed by atoms with Crippen molar-refractivity contribution in [3.63, 3.8) is 0 Å². The zero-order valence-corrected chi connectivity index (χ0v) is 10.3. The lowest BCUT2D eigenvalue weighted by Crippen LogP contribution is -2.34. The number of carbonyl (C=O) groups is 1. The summed E-state index contributed by atoms with van der Waals surface area (Å²) in [6.45, 7) is 1.38. The van der Waals surface area contributed by atoms with Gasteiger partial charge in [0.05, 0.1) is 22.6 Å². The molecule has 1 atom stereocenters. The minimum Gasteiger partial charge on any atom is -0.465 e. The molecule has 0 aromatic heterocycles. The molecule has 0 aliphatic rings. The molecule has 0 aliphatic carbocycles. The van der Waals surface area contributed by atoms with E-state index in [0.29, 0.717) is 12.0 Å². The fraction of sp³-hybridized carbons (Fsp3) is 0.333. The Morgan fingerprint density at radius 2 is 2.21 bits per heavy atom. The van der Waals surface area contributed by atoms with E-state index in [-0.39, 0.29) is 12.2 Å². The van der Waals surface area contributed by atoms with E-state index >= 15 is 0 Å². The maximum absolute atomic E-state index is 11.1. The average molecular weight is 263 g/mol. The Morgan fingerprint density at radius 3 is 2.68 bits per heavy atom. The first-order valence-electron chi connectivity index (χ1n) is 5.62. The molecule has 0 saturated carbocycles. The molecule has 7 heteroatoms. The average Bonchev–Trinajstić information content (AvgIpc) is 2.38. The molecule has 19 heavy (non-hydrogen) atoms. The van der Waals surface area contributed by atoms with Crippen LogP contribution in [0.1, 0.15) is 24.9 Å². The van der Waals surface area contributed by atoms with Crippen molar-refractivity contribution < 1.29 is 14.8 Å². The number of para-hydroxylation sites is 1. The highest BCUT2D eigenvalue weighted by molar-refractivity contribution is 5.66. The smallest absolute Gasteiger partial charge is 0.408 e. The normalized spacial score (nSPS) is 11.4. The summed E-state index contributed by atoms with van der Waals surface area (Å²) in [6, 6.07) is 7.01. The van der Waals surface area contributed by atoms with Crippen molar-refractivity contribution in [2.24, 2.45) is 0 Å². The molecule has 1 aromatic carbocycles. The van der Waals surface area contributed by atoms with Crippen LogP contribution in [0.2, 0.25) is 0 Å². The maximum atomic E-state index is 11.1. The minimum atomic E-state index is -1.27.